The van der Waals surface area contributed by atoms with Crippen LogP contribution in [-0.2, 0) is 10.0 Å². The molecule has 0 unspecified atom stereocenters. The van der Waals surface area contributed by atoms with Crippen LogP contribution >= 0.6 is 0 Å². The molecule has 7 heteroatoms. The third kappa shape index (κ3) is 2.06. The van der Waals surface area contributed by atoms with Gasteiger partial charge in [0, 0.05) is 24.8 Å². The van der Waals surface area contributed by atoms with Crippen LogP contribution in [0.25, 0.3) is 0 Å². The minimum Gasteiger partial charge on any atom is -0.495 e. The van der Waals surface area contributed by atoms with Crippen molar-refractivity contribution in [3.05, 3.63) is 18.2 Å². The van der Waals surface area contributed by atoms with Gasteiger partial charge in [-0.1, -0.05) is 0 Å². The van der Waals surface area contributed by atoms with Gasteiger partial charge in [0.15, 0.2) is 0 Å². The summed E-state index contributed by atoms with van der Waals surface area (Å²) in [6.45, 7) is 0.320. The van der Waals surface area contributed by atoms with Gasteiger partial charge in [-0.2, -0.15) is 4.31 Å². The Morgan fingerprint density at radius 1 is 1.40 bits per heavy atom. The molecule has 0 radical (unpaired) electrons. The van der Waals surface area contributed by atoms with Crippen LogP contribution in [0.15, 0.2) is 23.1 Å². The summed E-state index contributed by atoms with van der Waals surface area (Å²) in [6, 6.07) is 4.46. The summed E-state index contributed by atoms with van der Waals surface area (Å²) in [6.07, 6.45) is 1.96. The third-order valence-electron chi connectivity index (χ3n) is 4.04. The summed E-state index contributed by atoms with van der Waals surface area (Å²) in [7, 11) is -2.24. The van der Waals surface area contributed by atoms with Crippen molar-refractivity contribution in [3.63, 3.8) is 0 Å². The van der Waals surface area contributed by atoms with E-state index in [2.05, 4.69) is 0 Å². The van der Waals surface area contributed by atoms with E-state index in [1.54, 1.807) is 0 Å². The van der Waals surface area contributed by atoms with Crippen LogP contribution in [0.5, 0.6) is 5.75 Å². The summed E-state index contributed by atoms with van der Waals surface area (Å²) in [4.78, 5) is 0.0899. The molecule has 1 aliphatic heterocycles. The fourth-order valence-electron chi connectivity index (χ4n) is 2.65. The van der Waals surface area contributed by atoms with Crippen LogP contribution in [0.3, 0.4) is 0 Å². The molecule has 1 heterocycles. The number of anilines is 1. The number of nitrogens with two attached hydrogens (primary N) is 1. The van der Waals surface area contributed by atoms with Crippen LogP contribution in [-0.4, -0.2) is 43.6 Å². The molecule has 3 rings (SSSR count). The molecule has 2 aliphatic rings. The molecule has 1 aromatic carbocycles. The van der Waals surface area contributed by atoms with E-state index in [0.29, 0.717) is 5.69 Å². The van der Waals surface area contributed by atoms with Gasteiger partial charge in [-0.05, 0) is 30.9 Å². The first-order chi connectivity index (χ1) is 9.37. The zero-order valence-corrected chi connectivity index (χ0v) is 12.1. The standard InChI is InChI=1S/C13H18N2O4S/c1-19-11-6-10(14)4-5-12(11)20(17,18)15-7-13(16,8-15)9-2-3-9/h4-6,9,16H,2-3,7-8,14H2,1H3. The van der Waals surface area contributed by atoms with Crippen LogP contribution in [0.4, 0.5) is 5.69 Å². The van der Waals surface area contributed by atoms with E-state index in [9.17, 15) is 13.5 Å². The van der Waals surface area contributed by atoms with E-state index in [0.717, 1.165) is 12.8 Å². The summed E-state index contributed by atoms with van der Waals surface area (Å²) >= 11 is 0. The highest BCUT2D eigenvalue weighted by Gasteiger charge is 2.55. The van der Waals surface area contributed by atoms with Crippen molar-refractivity contribution in [2.75, 3.05) is 25.9 Å². The smallest absolute Gasteiger partial charge is 0.246 e. The Labute approximate surface area is 118 Å². The monoisotopic (exact) mass is 298 g/mol. The van der Waals surface area contributed by atoms with Gasteiger partial charge in [-0.3, -0.25) is 0 Å². The summed E-state index contributed by atoms with van der Waals surface area (Å²) in [5.41, 5.74) is 5.24. The third-order valence-corrected chi connectivity index (χ3v) is 5.87. The van der Waals surface area contributed by atoms with E-state index < -0.39 is 15.6 Å². The summed E-state index contributed by atoms with van der Waals surface area (Å²) in [5, 5.41) is 10.2. The van der Waals surface area contributed by atoms with E-state index in [1.807, 2.05) is 0 Å². The lowest BCUT2D eigenvalue weighted by Gasteiger charge is -2.45. The second-order valence-electron chi connectivity index (χ2n) is 5.56. The van der Waals surface area contributed by atoms with E-state index in [4.69, 9.17) is 10.5 Å². The number of nitrogens with zero attached hydrogens (tertiary/aromatic N) is 1. The molecular weight excluding hydrogens is 280 g/mol. The molecule has 3 N–H and O–H groups in total. The van der Waals surface area contributed by atoms with E-state index in [1.165, 1.54) is 29.6 Å². The minimum atomic E-state index is -3.65. The quantitative estimate of drug-likeness (QED) is 0.786. The molecule has 6 nitrogen and oxygen atoms in total. The van der Waals surface area contributed by atoms with Gasteiger partial charge in [0.2, 0.25) is 10.0 Å². The van der Waals surface area contributed by atoms with Crippen LogP contribution in [0.2, 0.25) is 0 Å². The Hall–Kier alpha value is -1.31. The number of hydrogen-bond acceptors (Lipinski definition) is 5. The van der Waals surface area contributed by atoms with Gasteiger partial charge < -0.3 is 15.6 Å². The number of sulfonamides is 1. The van der Waals surface area contributed by atoms with Crippen molar-refractivity contribution in [1.82, 2.24) is 4.31 Å². The molecule has 1 saturated carbocycles. The maximum atomic E-state index is 12.5. The molecule has 110 valence electrons. The lowest BCUT2D eigenvalue weighted by atomic mass is 9.91. The highest BCUT2D eigenvalue weighted by atomic mass is 32.2. The van der Waals surface area contributed by atoms with E-state index >= 15 is 0 Å². The van der Waals surface area contributed by atoms with Gasteiger partial charge >= 0.3 is 0 Å². The lowest BCUT2D eigenvalue weighted by Crippen LogP contribution is -2.64. The minimum absolute atomic E-state index is 0.0899. The second-order valence-corrected chi connectivity index (χ2v) is 7.47. The lowest BCUT2D eigenvalue weighted by molar-refractivity contribution is -0.0765. The van der Waals surface area contributed by atoms with Gasteiger partial charge in [0.05, 0.1) is 12.7 Å². The molecule has 20 heavy (non-hydrogen) atoms. The zero-order valence-electron chi connectivity index (χ0n) is 11.2. The number of rotatable bonds is 4. The molecule has 0 atom stereocenters. The molecule has 0 amide bonds. The Kier molecular flexibility index (Phi) is 2.97. The van der Waals surface area contributed by atoms with Gasteiger partial charge in [0.1, 0.15) is 10.6 Å². The zero-order chi connectivity index (χ0) is 14.5. The number of methoxy groups -OCH3 is 1. The molecule has 1 aromatic rings. The van der Waals surface area contributed by atoms with Crippen LogP contribution in [0.1, 0.15) is 12.8 Å². The van der Waals surface area contributed by atoms with Crippen molar-refractivity contribution in [2.24, 2.45) is 5.92 Å². The van der Waals surface area contributed by atoms with Gasteiger partial charge in [0.25, 0.3) is 0 Å². The predicted octanol–water partition coefficient (Wildman–Crippen LogP) is 0.423. The first kappa shape index (κ1) is 13.7. The Morgan fingerprint density at radius 3 is 2.60 bits per heavy atom. The summed E-state index contributed by atoms with van der Waals surface area (Å²) < 4.78 is 31.4. The Bertz CT molecular complexity index is 634. The van der Waals surface area contributed by atoms with Crippen molar-refractivity contribution >= 4 is 15.7 Å². The van der Waals surface area contributed by atoms with Gasteiger partial charge in [-0.15, -0.1) is 0 Å². The summed E-state index contributed by atoms with van der Waals surface area (Å²) in [5.74, 6) is 0.481. The van der Waals surface area contributed by atoms with Crippen molar-refractivity contribution in [2.45, 2.75) is 23.3 Å². The first-order valence-corrected chi connectivity index (χ1v) is 7.97. The number of nitrogen functional groups attached to an aromatic ring is 1. The van der Waals surface area contributed by atoms with Crippen molar-refractivity contribution < 1.29 is 18.3 Å². The maximum absolute atomic E-state index is 12.5. The molecular formula is C13H18N2O4S. The Morgan fingerprint density at radius 2 is 2.05 bits per heavy atom. The topological polar surface area (TPSA) is 92.9 Å². The largest absolute Gasteiger partial charge is 0.495 e. The molecule has 1 aliphatic carbocycles. The number of benzene rings is 1. The first-order valence-electron chi connectivity index (χ1n) is 6.53. The molecule has 2 fully saturated rings. The maximum Gasteiger partial charge on any atom is 0.246 e. The Balaban J connectivity index is 1.86. The number of β-amino-alcohol motifs (C(OH)–C–C–N with tert-alkyl or cyclic N) is 1. The normalized spacial score (nSPS) is 22.3. The number of hydrogen-bond donors (Lipinski definition) is 2. The molecule has 0 bridgehead atoms. The van der Waals surface area contributed by atoms with Crippen molar-refractivity contribution in [1.29, 1.82) is 0 Å². The highest BCUT2D eigenvalue weighted by Crippen LogP contribution is 2.46. The molecule has 1 saturated heterocycles. The van der Waals surface area contributed by atoms with Gasteiger partial charge in [-0.25, -0.2) is 8.42 Å². The SMILES string of the molecule is COc1cc(N)ccc1S(=O)(=O)N1CC(O)(C2CC2)C1. The highest BCUT2D eigenvalue weighted by molar-refractivity contribution is 7.89. The number of ether oxygens (including phenoxy) is 1. The van der Waals surface area contributed by atoms with Crippen molar-refractivity contribution in [3.8, 4) is 5.75 Å². The molecule has 0 spiro atoms. The van der Waals surface area contributed by atoms with E-state index in [-0.39, 0.29) is 29.7 Å². The van der Waals surface area contributed by atoms with Crippen LogP contribution in [0, 0.1) is 5.92 Å². The average molecular weight is 298 g/mol. The average Bonchev–Trinajstić information content (AvgIpc) is 3.18. The predicted molar refractivity (Wildman–Crippen MR) is 73.8 cm³/mol. The second kappa shape index (κ2) is 4.34. The van der Waals surface area contributed by atoms with Crippen LogP contribution < -0.4 is 10.5 Å². The number of aliphatic hydroxyl groups is 1. The molecule has 0 aromatic heterocycles. The fourth-order valence-corrected chi connectivity index (χ4v) is 4.35. The fraction of sp³-hybridized carbons (Fsp3) is 0.538.